The van der Waals surface area contributed by atoms with Crippen LogP contribution in [0.5, 0.6) is 0 Å². The summed E-state index contributed by atoms with van der Waals surface area (Å²) in [4.78, 5) is 12.0. The average molecular weight is 309 g/mol. The molecule has 1 aromatic heterocycles. The quantitative estimate of drug-likeness (QED) is 0.855. The average Bonchev–Trinajstić information content (AvgIpc) is 2.78. The first kappa shape index (κ1) is 12.6. The van der Waals surface area contributed by atoms with Crippen molar-refractivity contribution in [3.63, 3.8) is 0 Å². The predicted molar refractivity (Wildman–Crippen MR) is 74.1 cm³/mol. The van der Waals surface area contributed by atoms with E-state index in [1.54, 1.807) is 48.3 Å². The molecule has 2 rings (SSSR count). The standard InChI is InChI=1S/C12H13BrN4O/c1-8(17-7-9(13)6-15-17)12(18)16-11-4-2-10(14)3-5-11/h2-8H,14H2,1H3,(H,16,18). The minimum absolute atomic E-state index is 0.129. The first-order chi connectivity index (χ1) is 8.56. The molecular formula is C12H13BrN4O. The summed E-state index contributed by atoms with van der Waals surface area (Å²) in [7, 11) is 0. The van der Waals surface area contributed by atoms with Crippen molar-refractivity contribution in [1.29, 1.82) is 0 Å². The molecule has 0 aliphatic carbocycles. The smallest absolute Gasteiger partial charge is 0.248 e. The lowest BCUT2D eigenvalue weighted by Gasteiger charge is -2.12. The Hall–Kier alpha value is -1.82. The molecule has 0 saturated carbocycles. The molecule has 1 aromatic carbocycles. The van der Waals surface area contributed by atoms with Gasteiger partial charge in [-0.1, -0.05) is 0 Å². The van der Waals surface area contributed by atoms with Crippen LogP contribution in [0.3, 0.4) is 0 Å². The van der Waals surface area contributed by atoms with Crippen LogP contribution in [0.1, 0.15) is 13.0 Å². The molecule has 0 radical (unpaired) electrons. The maximum atomic E-state index is 12.0. The highest BCUT2D eigenvalue weighted by atomic mass is 79.9. The lowest BCUT2D eigenvalue weighted by molar-refractivity contribution is -0.119. The van der Waals surface area contributed by atoms with Gasteiger partial charge in [0.25, 0.3) is 0 Å². The van der Waals surface area contributed by atoms with E-state index in [2.05, 4.69) is 26.3 Å². The molecule has 94 valence electrons. The number of nitrogens with two attached hydrogens (primary N) is 1. The van der Waals surface area contributed by atoms with E-state index < -0.39 is 0 Å². The van der Waals surface area contributed by atoms with Gasteiger partial charge in [0.2, 0.25) is 5.91 Å². The molecule has 1 atom stereocenters. The van der Waals surface area contributed by atoms with E-state index >= 15 is 0 Å². The molecular weight excluding hydrogens is 296 g/mol. The summed E-state index contributed by atoms with van der Waals surface area (Å²) in [5, 5.41) is 6.89. The van der Waals surface area contributed by atoms with E-state index in [0.717, 1.165) is 4.47 Å². The fraction of sp³-hybridized carbons (Fsp3) is 0.167. The van der Waals surface area contributed by atoms with Gasteiger partial charge in [0.15, 0.2) is 0 Å². The molecule has 3 N–H and O–H groups in total. The molecule has 1 amide bonds. The van der Waals surface area contributed by atoms with Crippen LogP contribution in [0.4, 0.5) is 11.4 Å². The van der Waals surface area contributed by atoms with Gasteiger partial charge in [0.05, 0.1) is 10.7 Å². The number of hydrogen-bond donors (Lipinski definition) is 2. The molecule has 0 aliphatic heterocycles. The number of carbonyl (C=O) groups is 1. The second-order valence-electron chi connectivity index (χ2n) is 3.93. The van der Waals surface area contributed by atoms with Crippen LogP contribution in [0.15, 0.2) is 41.1 Å². The molecule has 0 fully saturated rings. The number of benzene rings is 1. The normalized spacial score (nSPS) is 12.1. The van der Waals surface area contributed by atoms with Gasteiger partial charge >= 0.3 is 0 Å². The number of anilines is 2. The monoisotopic (exact) mass is 308 g/mol. The molecule has 2 aromatic rings. The zero-order valence-corrected chi connectivity index (χ0v) is 11.4. The SMILES string of the molecule is CC(C(=O)Nc1ccc(N)cc1)n1cc(Br)cn1. The van der Waals surface area contributed by atoms with Crippen molar-refractivity contribution in [1.82, 2.24) is 9.78 Å². The fourth-order valence-electron chi connectivity index (χ4n) is 1.46. The fourth-order valence-corrected chi connectivity index (χ4v) is 1.76. The van der Waals surface area contributed by atoms with Crippen LogP contribution in [0.25, 0.3) is 0 Å². The van der Waals surface area contributed by atoms with E-state index in [4.69, 9.17) is 5.73 Å². The van der Waals surface area contributed by atoms with Gasteiger partial charge in [-0.15, -0.1) is 0 Å². The number of hydrogen-bond acceptors (Lipinski definition) is 3. The first-order valence-electron chi connectivity index (χ1n) is 5.42. The second kappa shape index (κ2) is 5.22. The van der Waals surface area contributed by atoms with Gasteiger partial charge in [-0.3, -0.25) is 9.48 Å². The molecule has 0 aliphatic rings. The summed E-state index contributed by atoms with van der Waals surface area (Å²) < 4.78 is 2.44. The number of nitrogens with one attached hydrogen (secondary N) is 1. The third-order valence-corrected chi connectivity index (χ3v) is 2.93. The van der Waals surface area contributed by atoms with Crippen molar-refractivity contribution >= 4 is 33.2 Å². The molecule has 0 bridgehead atoms. The first-order valence-corrected chi connectivity index (χ1v) is 6.21. The van der Waals surface area contributed by atoms with Crippen molar-refractivity contribution < 1.29 is 4.79 Å². The molecule has 6 heteroatoms. The number of halogens is 1. The summed E-state index contributed by atoms with van der Waals surface area (Å²) in [5.41, 5.74) is 6.96. The maximum absolute atomic E-state index is 12.0. The molecule has 0 saturated heterocycles. The van der Waals surface area contributed by atoms with Crippen LogP contribution < -0.4 is 11.1 Å². The highest BCUT2D eigenvalue weighted by Gasteiger charge is 2.15. The molecule has 5 nitrogen and oxygen atoms in total. The minimum Gasteiger partial charge on any atom is -0.399 e. The predicted octanol–water partition coefficient (Wildman–Crippen LogP) is 2.43. The zero-order valence-electron chi connectivity index (χ0n) is 9.80. The minimum atomic E-state index is -0.381. The van der Waals surface area contributed by atoms with Gasteiger partial charge in [0.1, 0.15) is 6.04 Å². The molecule has 0 spiro atoms. The number of nitrogen functional groups attached to an aromatic ring is 1. The van der Waals surface area contributed by atoms with Gasteiger partial charge < -0.3 is 11.1 Å². The van der Waals surface area contributed by atoms with Gasteiger partial charge in [-0.05, 0) is 47.1 Å². The van der Waals surface area contributed by atoms with Gasteiger partial charge in [-0.2, -0.15) is 5.10 Å². The molecule has 1 heterocycles. The van der Waals surface area contributed by atoms with Crippen molar-refractivity contribution in [3.8, 4) is 0 Å². The Bertz CT molecular complexity index is 549. The van der Waals surface area contributed by atoms with Crippen LogP contribution in [0, 0.1) is 0 Å². The highest BCUT2D eigenvalue weighted by Crippen LogP contribution is 2.15. The Kier molecular flexibility index (Phi) is 3.66. The van der Waals surface area contributed by atoms with Gasteiger partial charge in [-0.25, -0.2) is 0 Å². The third kappa shape index (κ3) is 2.89. The Morgan fingerprint density at radius 1 is 1.44 bits per heavy atom. The molecule has 18 heavy (non-hydrogen) atoms. The van der Waals surface area contributed by atoms with E-state index in [9.17, 15) is 4.79 Å². The number of rotatable bonds is 3. The Morgan fingerprint density at radius 2 is 2.11 bits per heavy atom. The Balaban J connectivity index is 2.05. The van der Waals surface area contributed by atoms with E-state index in [1.807, 2.05) is 0 Å². The number of aromatic nitrogens is 2. The van der Waals surface area contributed by atoms with E-state index in [-0.39, 0.29) is 11.9 Å². The Labute approximate surface area is 113 Å². The lowest BCUT2D eigenvalue weighted by atomic mass is 10.2. The largest absolute Gasteiger partial charge is 0.399 e. The molecule has 1 unspecified atom stereocenters. The van der Waals surface area contributed by atoms with Crippen LogP contribution >= 0.6 is 15.9 Å². The zero-order chi connectivity index (χ0) is 13.1. The number of nitrogens with zero attached hydrogens (tertiary/aromatic N) is 2. The Morgan fingerprint density at radius 3 is 2.67 bits per heavy atom. The second-order valence-corrected chi connectivity index (χ2v) is 4.84. The van der Waals surface area contributed by atoms with Gasteiger partial charge in [0, 0.05) is 17.6 Å². The summed E-state index contributed by atoms with van der Waals surface area (Å²) >= 11 is 3.30. The van der Waals surface area contributed by atoms with Crippen LogP contribution in [0.2, 0.25) is 0 Å². The number of carbonyl (C=O) groups excluding carboxylic acids is 1. The van der Waals surface area contributed by atoms with Crippen molar-refractivity contribution in [2.45, 2.75) is 13.0 Å². The lowest BCUT2D eigenvalue weighted by Crippen LogP contribution is -2.23. The van der Waals surface area contributed by atoms with Crippen molar-refractivity contribution in [3.05, 3.63) is 41.1 Å². The van der Waals surface area contributed by atoms with Crippen molar-refractivity contribution in [2.75, 3.05) is 11.1 Å². The van der Waals surface area contributed by atoms with Crippen LogP contribution in [-0.4, -0.2) is 15.7 Å². The summed E-state index contributed by atoms with van der Waals surface area (Å²) in [6.07, 6.45) is 3.40. The number of amides is 1. The topological polar surface area (TPSA) is 72.9 Å². The highest BCUT2D eigenvalue weighted by molar-refractivity contribution is 9.10. The van der Waals surface area contributed by atoms with E-state index in [1.165, 1.54) is 0 Å². The summed E-state index contributed by atoms with van der Waals surface area (Å²) in [5.74, 6) is -0.129. The maximum Gasteiger partial charge on any atom is 0.248 e. The summed E-state index contributed by atoms with van der Waals surface area (Å²) in [6, 6.07) is 6.63. The third-order valence-electron chi connectivity index (χ3n) is 2.52. The summed E-state index contributed by atoms with van der Waals surface area (Å²) in [6.45, 7) is 1.78. The van der Waals surface area contributed by atoms with E-state index in [0.29, 0.717) is 11.4 Å². The van der Waals surface area contributed by atoms with Crippen LogP contribution in [-0.2, 0) is 4.79 Å². The van der Waals surface area contributed by atoms with Crippen molar-refractivity contribution in [2.24, 2.45) is 0 Å².